The molecule has 1 aliphatic heterocycles. The van der Waals surface area contributed by atoms with Gasteiger partial charge in [-0.15, -0.1) is 0 Å². The van der Waals surface area contributed by atoms with E-state index < -0.39 is 59.7 Å². The van der Waals surface area contributed by atoms with Gasteiger partial charge in [0.1, 0.15) is 12.6 Å². The van der Waals surface area contributed by atoms with Gasteiger partial charge in [0.15, 0.2) is 0 Å². The number of carbonyl (C=O) groups excluding carboxylic acids is 2. The molecule has 0 spiro atoms. The van der Waals surface area contributed by atoms with E-state index in [0.29, 0.717) is 23.2 Å². The number of amides is 2. The molecule has 35 heavy (non-hydrogen) atoms. The van der Waals surface area contributed by atoms with Gasteiger partial charge in [0.05, 0.1) is 29.1 Å². The number of hydrogen-bond acceptors (Lipinski definition) is 4. The minimum Gasteiger partial charge on any atom is -0.439 e. The molecule has 1 fully saturated rings. The van der Waals surface area contributed by atoms with Crippen molar-refractivity contribution in [1.82, 2.24) is 9.88 Å². The van der Waals surface area contributed by atoms with Crippen molar-refractivity contribution < 1.29 is 40.7 Å². The van der Waals surface area contributed by atoms with Crippen LogP contribution in [-0.4, -0.2) is 34.5 Å². The lowest BCUT2D eigenvalue weighted by Crippen LogP contribution is -2.38. The molecule has 0 unspecified atom stereocenters. The van der Waals surface area contributed by atoms with Crippen LogP contribution in [0.15, 0.2) is 54.9 Å². The highest BCUT2D eigenvalue weighted by atomic mass is 19.4. The molecule has 0 radical (unpaired) electrons. The molecule has 184 valence electrons. The van der Waals surface area contributed by atoms with Gasteiger partial charge in [0.2, 0.25) is 5.91 Å². The molecule has 1 aliphatic rings. The number of fused-ring (bicyclic) bond motifs is 1. The van der Waals surface area contributed by atoms with E-state index in [4.69, 9.17) is 4.74 Å². The van der Waals surface area contributed by atoms with E-state index in [0.717, 1.165) is 10.3 Å². The highest BCUT2D eigenvalue weighted by molar-refractivity contribution is 6.02. The SMILES string of the molecule is C[C@H]1[C@@H](c2cc(C(F)(F)F)cc(C(F)(F)F)c2)OC(=O)N1CC(=O)Nc1cncc2ccccc12. The maximum atomic E-state index is 13.2. The van der Waals surface area contributed by atoms with Crippen molar-refractivity contribution in [2.45, 2.75) is 31.4 Å². The van der Waals surface area contributed by atoms with Crippen LogP contribution >= 0.6 is 0 Å². The van der Waals surface area contributed by atoms with E-state index in [-0.39, 0.29) is 6.07 Å². The summed E-state index contributed by atoms with van der Waals surface area (Å²) in [6.07, 6.45) is -9.57. The van der Waals surface area contributed by atoms with Crippen LogP contribution in [-0.2, 0) is 21.9 Å². The number of cyclic esters (lactones) is 1. The fourth-order valence-electron chi connectivity index (χ4n) is 3.86. The first kappa shape index (κ1) is 24.3. The van der Waals surface area contributed by atoms with Crippen LogP contribution in [0.1, 0.15) is 29.7 Å². The zero-order valence-corrected chi connectivity index (χ0v) is 17.9. The smallest absolute Gasteiger partial charge is 0.416 e. The number of nitrogens with zero attached hydrogens (tertiary/aromatic N) is 2. The van der Waals surface area contributed by atoms with Crippen LogP contribution in [0.3, 0.4) is 0 Å². The monoisotopic (exact) mass is 497 g/mol. The topological polar surface area (TPSA) is 71.5 Å². The van der Waals surface area contributed by atoms with Crippen molar-refractivity contribution in [1.29, 1.82) is 0 Å². The number of pyridine rings is 1. The molecule has 0 aliphatic carbocycles. The number of hydrogen-bond donors (Lipinski definition) is 1. The summed E-state index contributed by atoms with van der Waals surface area (Å²) in [6.45, 7) is 0.834. The van der Waals surface area contributed by atoms with Crippen LogP contribution in [0.5, 0.6) is 0 Å². The molecule has 2 atom stereocenters. The Kier molecular flexibility index (Phi) is 6.07. The summed E-state index contributed by atoms with van der Waals surface area (Å²) in [5, 5.41) is 4.06. The van der Waals surface area contributed by atoms with Gasteiger partial charge in [-0.1, -0.05) is 24.3 Å². The van der Waals surface area contributed by atoms with Crippen LogP contribution in [0.4, 0.5) is 36.8 Å². The van der Waals surface area contributed by atoms with Crippen LogP contribution in [0, 0.1) is 0 Å². The Morgan fingerprint density at radius 1 is 1.03 bits per heavy atom. The molecule has 1 N–H and O–H groups in total. The fraction of sp³-hybridized carbons (Fsp3) is 0.261. The molecule has 2 aromatic carbocycles. The minimum atomic E-state index is -5.05. The zero-order chi connectivity index (χ0) is 25.5. The number of carbonyl (C=O) groups is 2. The van der Waals surface area contributed by atoms with Crippen LogP contribution in [0.2, 0.25) is 0 Å². The zero-order valence-electron chi connectivity index (χ0n) is 17.9. The summed E-state index contributed by atoms with van der Waals surface area (Å²) < 4.78 is 84.4. The normalized spacial score (nSPS) is 18.6. The first-order valence-electron chi connectivity index (χ1n) is 10.2. The molecular formula is C23H17F6N3O3. The summed E-state index contributed by atoms with van der Waals surface area (Å²) in [5.41, 5.74) is -3.15. The number of benzene rings is 2. The van der Waals surface area contributed by atoms with Crippen molar-refractivity contribution >= 4 is 28.5 Å². The third-order valence-corrected chi connectivity index (χ3v) is 5.59. The lowest BCUT2D eigenvalue weighted by Gasteiger charge is -2.22. The predicted octanol–water partition coefficient (Wildman–Crippen LogP) is 5.79. The van der Waals surface area contributed by atoms with Crippen LogP contribution in [0.25, 0.3) is 10.8 Å². The summed E-state index contributed by atoms with van der Waals surface area (Å²) in [6, 6.07) is 7.07. The molecule has 1 aromatic heterocycles. The Bertz CT molecular complexity index is 1250. The first-order chi connectivity index (χ1) is 16.3. The van der Waals surface area contributed by atoms with Gasteiger partial charge in [-0.2, -0.15) is 26.3 Å². The van der Waals surface area contributed by atoms with E-state index in [2.05, 4.69) is 10.3 Å². The number of halogens is 6. The molecule has 2 amide bonds. The molecular weight excluding hydrogens is 480 g/mol. The van der Waals surface area contributed by atoms with Gasteiger partial charge < -0.3 is 10.1 Å². The Morgan fingerprint density at radius 3 is 2.29 bits per heavy atom. The molecule has 0 saturated carbocycles. The highest BCUT2D eigenvalue weighted by Crippen LogP contribution is 2.40. The number of rotatable bonds is 4. The predicted molar refractivity (Wildman–Crippen MR) is 112 cm³/mol. The first-order valence-corrected chi connectivity index (χ1v) is 10.2. The maximum absolute atomic E-state index is 13.2. The van der Waals surface area contributed by atoms with E-state index in [1.54, 1.807) is 30.5 Å². The molecule has 1 saturated heterocycles. The second kappa shape index (κ2) is 8.75. The third-order valence-electron chi connectivity index (χ3n) is 5.59. The quantitative estimate of drug-likeness (QED) is 0.463. The molecule has 0 bridgehead atoms. The number of alkyl halides is 6. The maximum Gasteiger partial charge on any atom is 0.416 e. The van der Waals surface area contributed by atoms with Crippen molar-refractivity contribution in [3.63, 3.8) is 0 Å². The Balaban J connectivity index is 1.56. The van der Waals surface area contributed by atoms with E-state index in [1.807, 2.05) is 0 Å². The fourth-order valence-corrected chi connectivity index (χ4v) is 3.86. The van der Waals surface area contributed by atoms with Gasteiger partial charge >= 0.3 is 18.4 Å². The standard InChI is InChI=1S/C23H17F6N3O3/c1-12-20(14-6-15(22(24,25)26)8-16(7-14)23(27,28)29)35-21(34)32(12)11-19(33)31-18-10-30-9-13-4-2-3-5-17(13)18/h2-10,12,20H,11H2,1H3,(H,31,33)/t12-,20-/m0/s1. The lowest BCUT2D eigenvalue weighted by atomic mass is 9.97. The number of ether oxygens (including phenoxy) is 1. The molecule has 12 heteroatoms. The minimum absolute atomic E-state index is 0.00558. The molecule has 4 rings (SSSR count). The third kappa shape index (κ3) is 5.00. The van der Waals surface area contributed by atoms with Crippen LogP contribution < -0.4 is 5.32 Å². The van der Waals surface area contributed by atoms with Crippen molar-refractivity contribution in [2.75, 3.05) is 11.9 Å². The van der Waals surface area contributed by atoms with Gasteiger partial charge in [0, 0.05) is 17.0 Å². The number of anilines is 1. The largest absolute Gasteiger partial charge is 0.439 e. The number of aromatic nitrogens is 1. The molecule has 6 nitrogen and oxygen atoms in total. The summed E-state index contributed by atoms with van der Waals surface area (Å²) in [4.78, 5) is 30.0. The van der Waals surface area contributed by atoms with Crippen molar-refractivity contribution in [2.24, 2.45) is 0 Å². The van der Waals surface area contributed by atoms with Crippen molar-refractivity contribution in [3.8, 4) is 0 Å². The number of nitrogens with one attached hydrogen (secondary N) is 1. The Hall–Kier alpha value is -3.83. The summed E-state index contributed by atoms with van der Waals surface area (Å²) in [5.74, 6) is -0.646. The van der Waals surface area contributed by atoms with Gasteiger partial charge in [-0.25, -0.2) is 4.79 Å². The molecule has 2 heterocycles. The van der Waals surface area contributed by atoms with E-state index >= 15 is 0 Å². The summed E-state index contributed by atoms with van der Waals surface area (Å²) in [7, 11) is 0. The lowest BCUT2D eigenvalue weighted by molar-refractivity contribution is -0.143. The average molecular weight is 497 g/mol. The van der Waals surface area contributed by atoms with Crippen molar-refractivity contribution in [3.05, 3.63) is 71.5 Å². The Morgan fingerprint density at radius 2 is 1.66 bits per heavy atom. The average Bonchev–Trinajstić information content (AvgIpc) is 3.06. The van der Waals surface area contributed by atoms with Gasteiger partial charge in [0.25, 0.3) is 0 Å². The van der Waals surface area contributed by atoms with Gasteiger partial charge in [-0.3, -0.25) is 14.7 Å². The van der Waals surface area contributed by atoms with Gasteiger partial charge in [-0.05, 0) is 30.7 Å². The Labute approximate surface area is 194 Å². The highest BCUT2D eigenvalue weighted by Gasteiger charge is 2.43. The molecule has 3 aromatic rings. The van der Waals surface area contributed by atoms with E-state index in [9.17, 15) is 35.9 Å². The second-order valence-electron chi connectivity index (χ2n) is 7.97. The van der Waals surface area contributed by atoms with E-state index in [1.165, 1.54) is 13.1 Å². The summed E-state index contributed by atoms with van der Waals surface area (Å²) >= 11 is 0. The second-order valence-corrected chi connectivity index (χ2v) is 7.97.